The van der Waals surface area contributed by atoms with Crippen molar-refractivity contribution in [3.63, 3.8) is 0 Å². The van der Waals surface area contributed by atoms with E-state index >= 15 is 0 Å². The number of benzene rings is 1. The highest BCUT2D eigenvalue weighted by atomic mass is 16.6. The standard InChI is InChI=1S/C26H42O2/c1-3-4-5-6-7-8-9-10-11-12-13-14-15-16-18-24-19-17-20-25(21-24)27-22-26(2)23-28-26/h12-13,17,19-21H,3-11,14-16,18,22-23H2,1-2H3/b13-12+. The molecule has 0 amide bonds. The second-order valence-corrected chi connectivity index (χ2v) is 8.66. The van der Waals surface area contributed by atoms with E-state index < -0.39 is 0 Å². The molecule has 1 unspecified atom stereocenters. The SMILES string of the molecule is CCCCCCCCCC/C=C/CCCCc1cccc(OCC2(C)CO2)c1. The largest absolute Gasteiger partial charge is 0.490 e. The second-order valence-electron chi connectivity index (χ2n) is 8.66. The van der Waals surface area contributed by atoms with Crippen molar-refractivity contribution in [3.05, 3.63) is 42.0 Å². The molecule has 0 radical (unpaired) electrons. The highest BCUT2D eigenvalue weighted by Crippen LogP contribution is 2.27. The van der Waals surface area contributed by atoms with Crippen LogP contribution in [0.5, 0.6) is 5.75 Å². The Morgan fingerprint density at radius 1 is 0.929 bits per heavy atom. The Morgan fingerprint density at radius 3 is 2.25 bits per heavy atom. The first-order valence-electron chi connectivity index (χ1n) is 11.7. The Morgan fingerprint density at radius 2 is 1.57 bits per heavy atom. The van der Waals surface area contributed by atoms with Gasteiger partial charge < -0.3 is 9.47 Å². The van der Waals surface area contributed by atoms with E-state index in [2.05, 4.69) is 44.2 Å². The van der Waals surface area contributed by atoms with Crippen LogP contribution in [0.1, 0.15) is 96.5 Å². The Balaban J connectivity index is 1.43. The van der Waals surface area contributed by atoms with Gasteiger partial charge in [0.15, 0.2) is 0 Å². The molecule has 0 N–H and O–H groups in total. The molecule has 1 saturated heterocycles. The van der Waals surface area contributed by atoms with Gasteiger partial charge in [-0.2, -0.15) is 0 Å². The maximum Gasteiger partial charge on any atom is 0.123 e. The van der Waals surface area contributed by atoms with E-state index in [0.29, 0.717) is 6.61 Å². The van der Waals surface area contributed by atoms with Crippen LogP contribution in [-0.2, 0) is 11.2 Å². The fourth-order valence-corrected chi connectivity index (χ4v) is 3.46. The molecule has 0 spiro atoms. The van der Waals surface area contributed by atoms with Gasteiger partial charge in [-0.1, -0.05) is 76.2 Å². The zero-order valence-electron chi connectivity index (χ0n) is 18.4. The molecule has 2 rings (SSSR count). The predicted molar refractivity (Wildman–Crippen MR) is 120 cm³/mol. The zero-order valence-corrected chi connectivity index (χ0v) is 18.4. The summed E-state index contributed by atoms with van der Waals surface area (Å²) in [5.74, 6) is 0.972. The van der Waals surface area contributed by atoms with E-state index in [1.54, 1.807) is 0 Å². The molecule has 0 aliphatic carbocycles. The number of rotatable bonds is 17. The summed E-state index contributed by atoms with van der Waals surface area (Å²) in [6.07, 6.45) is 22.2. The minimum absolute atomic E-state index is 0.0447. The Bertz CT molecular complexity index is 545. The molecule has 0 bridgehead atoms. The lowest BCUT2D eigenvalue weighted by Crippen LogP contribution is -2.16. The molecule has 2 heteroatoms. The van der Waals surface area contributed by atoms with Crippen molar-refractivity contribution in [1.29, 1.82) is 0 Å². The van der Waals surface area contributed by atoms with Gasteiger partial charge in [-0.15, -0.1) is 0 Å². The van der Waals surface area contributed by atoms with Crippen molar-refractivity contribution in [2.75, 3.05) is 13.2 Å². The van der Waals surface area contributed by atoms with Gasteiger partial charge >= 0.3 is 0 Å². The predicted octanol–water partition coefficient (Wildman–Crippen LogP) is 7.65. The number of hydrogen-bond acceptors (Lipinski definition) is 2. The molecule has 1 fully saturated rings. The van der Waals surface area contributed by atoms with Crippen LogP contribution >= 0.6 is 0 Å². The van der Waals surface area contributed by atoms with Crippen molar-refractivity contribution >= 4 is 0 Å². The van der Waals surface area contributed by atoms with Crippen LogP contribution in [0.15, 0.2) is 36.4 Å². The minimum Gasteiger partial charge on any atom is -0.490 e. The van der Waals surface area contributed by atoms with Crippen molar-refractivity contribution in [3.8, 4) is 5.75 Å². The normalized spacial score (nSPS) is 18.6. The third-order valence-corrected chi connectivity index (χ3v) is 5.56. The van der Waals surface area contributed by atoms with Crippen molar-refractivity contribution in [2.45, 2.75) is 103 Å². The lowest BCUT2D eigenvalue weighted by molar-refractivity contribution is 0.202. The summed E-state index contributed by atoms with van der Waals surface area (Å²) in [6, 6.07) is 8.54. The van der Waals surface area contributed by atoms with Crippen LogP contribution in [0.25, 0.3) is 0 Å². The summed E-state index contributed by atoms with van der Waals surface area (Å²) in [5, 5.41) is 0. The van der Waals surface area contributed by atoms with Gasteiger partial charge in [-0.3, -0.25) is 0 Å². The third-order valence-electron chi connectivity index (χ3n) is 5.56. The Kier molecular flexibility index (Phi) is 11.4. The molecule has 1 aliphatic heterocycles. The van der Waals surface area contributed by atoms with E-state index in [4.69, 9.17) is 9.47 Å². The Hall–Kier alpha value is -1.28. The molecule has 1 aliphatic rings. The fourth-order valence-electron chi connectivity index (χ4n) is 3.46. The number of unbranched alkanes of at least 4 members (excludes halogenated alkanes) is 10. The van der Waals surface area contributed by atoms with E-state index in [9.17, 15) is 0 Å². The van der Waals surface area contributed by atoms with Gasteiger partial charge in [0, 0.05) is 0 Å². The smallest absolute Gasteiger partial charge is 0.123 e. The first-order chi connectivity index (χ1) is 13.7. The van der Waals surface area contributed by atoms with Gasteiger partial charge in [0.25, 0.3) is 0 Å². The average molecular weight is 387 g/mol. The summed E-state index contributed by atoms with van der Waals surface area (Å²) >= 11 is 0. The summed E-state index contributed by atoms with van der Waals surface area (Å²) in [7, 11) is 0. The van der Waals surface area contributed by atoms with Crippen molar-refractivity contribution in [1.82, 2.24) is 0 Å². The van der Waals surface area contributed by atoms with Gasteiger partial charge in [0.1, 0.15) is 18.0 Å². The van der Waals surface area contributed by atoms with E-state index in [0.717, 1.165) is 18.8 Å². The first-order valence-corrected chi connectivity index (χ1v) is 11.7. The maximum atomic E-state index is 5.86. The average Bonchev–Trinajstić information content (AvgIpc) is 3.45. The molecule has 1 aromatic rings. The second kappa shape index (κ2) is 13.8. The summed E-state index contributed by atoms with van der Waals surface area (Å²) < 4.78 is 11.2. The van der Waals surface area contributed by atoms with Crippen LogP contribution in [-0.4, -0.2) is 18.8 Å². The molecule has 0 saturated carbocycles. The first kappa shape index (κ1) is 23.0. The molecule has 1 atom stereocenters. The maximum absolute atomic E-state index is 5.86. The minimum atomic E-state index is -0.0447. The molecule has 158 valence electrons. The third kappa shape index (κ3) is 10.9. The molecule has 28 heavy (non-hydrogen) atoms. The zero-order chi connectivity index (χ0) is 19.9. The summed E-state index contributed by atoms with van der Waals surface area (Å²) in [4.78, 5) is 0. The van der Waals surface area contributed by atoms with Crippen LogP contribution in [0.2, 0.25) is 0 Å². The van der Waals surface area contributed by atoms with Crippen molar-refractivity contribution < 1.29 is 9.47 Å². The van der Waals surface area contributed by atoms with Gasteiger partial charge in [-0.25, -0.2) is 0 Å². The van der Waals surface area contributed by atoms with Crippen LogP contribution in [0.3, 0.4) is 0 Å². The lowest BCUT2D eigenvalue weighted by atomic mass is 10.1. The molecular weight excluding hydrogens is 344 g/mol. The molecule has 1 heterocycles. The van der Waals surface area contributed by atoms with Gasteiger partial charge in [-0.05, 0) is 63.1 Å². The molecule has 1 aromatic carbocycles. The summed E-state index contributed by atoms with van der Waals surface area (Å²) in [6.45, 7) is 5.85. The number of epoxide rings is 1. The fraction of sp³-hybridized carbons (Fsp3) is 0.692. The van der Waals surface area contributed by atoms with E-state index in [1.807, 2.05) is 6.07 Å². The quantitative estimate of drug-likeness (QED) is 0.156. The van der Waals surface area contributed by atoms with E-state index in [-0.39, 0.29) is 5.60 Å². The van der Waals surface area contributed by atoms with Crippen LogP contribution in [0.4, 0.5) is 0 Å². The van der Waals surface area contributed by atoms with Gasteiger partial charge in [0.2, 0.25) is 0 Å². The number of ether oxygens (including phenoxy) is 2. The summed E-state index contributed by atoms with van der Waals surface area (Å²) in [5.41, 5.74) is 1.33. The monoisotopic (exact) mass is 386 g/mol. The molecule has 0 aromatic heterocycles. The number of aryl methyl sites for hydroxylation is 1. The van der Waals surface area contributed by atoms with E-state index in [1.165, 1.54) is 82.6 Å². The van der Waals surface area contributed by atoms with Crippen LogP contribution < -0.4 is 4.74 Å². The number of allylic oxidation sites excluding steroid dienone is 2. The van der Waals surface area contributed by atoms with Gasteiger partial charge in [0.05, 0.1) is 6.61 Å². The highest BCUT2D eigenvalue weighted by molar-refractivity contribution is 5.28. The molecular formula is C26H42O2. The lowest BCUT2D eigenvalue weighted by Gasteiger charge is -2.10. The Labute approximate surface area is 173 Å². The van der Waals surface area contributed by atoms with Crippen molar-refractivity contribution in [2.24, 2.45) is 0 Å². The topological polar surface area (TPSA) is 21.8 Å². The van der Waals surface area contributed by atoms with Crippen LogP contribution in [0, 0.1) is 0 Å². The number of hydrogen-bond donors (Lipinski definition) is 0. The highest BCUT2D eigenvalue weighted by Gasteiger charge is 2.40. The molecule has 2 nitrogen and oxygen atoms in total.